The van der Waals surface area contributed by atoms with Gasteiger partial charge in [0.1, 0.15) is 5.82 Å². The Morgan fingerprint density at radius 2 is 2.15 bits per heavy atom. The summed E-state index contributed by atoms with van der Waals surface area (Å²) in [6.45, 7) is 0.00973. The van der Waals surface area contributed by atoms with Crippen LogP contribution in [0.25, 0.3) is 0 Å². The Bertz CT molecular complexity index is 674. The summed E-state index contributed by atoms with van der Waals surface area (Å²) < 4.78 is 14.2. The van der Waals surface area contributed by atoms with E-state index in [1.54, 1.807) is 12.1 Å². The van der Waals surface area contributed by atoms with Gasteiger partial charge in [0.25, 0.3) is 5.91 Å². The monoisotopic (exact) mass is 358 g/mol. The highest BCUT2D eigenvalue weighted by Crippen LogP contribution is 2.24. The lowest BCUT2D eigenvalue weighted by molar-refractivity contribution is -0.380. The van der Waals surface area contributed by atoms with Gasteiger partial charge in [-0.1, -0.05) is 27.3 Å². The smallest absolute Gasteiger partial charge is 0.324 e. The highest BCUT2D eigenvalue weighted by Gasteiger charge is 2.15. The number of rotatable bonds is 4. The number of nitro groups is 1. The third-order valence-electron chi connectivity index (χ3n) is 2.44. The van der Waals surface area contributed by atoms with Crippen molar-refractivity contribution >= 4 is 38.2 Å². The fourth-order valence-corrected chi connectivity index (χ4v) is 2.63. The maximum atomic E-state index is 13.5. The van der Waals surface area contributed by atoms with Crippen LogP contribution in [0.1, 0.15) is 15.2 Å². The summed E-state index contributed by atoms with van der Waals surface area (Å²) in [6, 6.07) is 7.05. The van der Waals surface area contributed by atoms with Gasteiger partial charge in [0.05, 0.1) is 9.80 Å². The van der Waals surface area contributed by atoms with Crippen LogP contribution in [0.4, 0.5) is 9.39 Å². The first-order chi connectivity index (χ1) is 9.47. The number of thiophene rings is 1. The Morgan fingerprint density at radius 1 is 1.40 bits per heavy atom. The predicted octanol–water partition coefficient (Wildman–Crippen LogP) is 3.49. The van der Waals surface area contributed by atoms with Crippen molar-refractivity contribution in [3.8, 4) is 0 Å². The molecule has 0 bridgehead atoms. The maximum absolute atomic E-state index is 13.5. The van der Waals surface area contributed by atoms with Crippen molar-refractivity contribution in [3.05, 3.63) is 61.2 Å². The average molecular weight is 359 g/mol. The molecule has 0 unspecified atom stereocenters. The van der Waals surface area contributed by atoms with E-state index in [0.717, 1.165) is 11.3 Å². The molecule has 8 heteroatoms. The average Bonchev–Trinajstić information content (AvgIpc) is 2.89. The molecule has 5 nitrogen and oxygen atoms in total. The first-order valence-corrected chi connectivity index (χ1v) is 7.04. The fraction of sp³-hybridized carbons (Fsp3) is 0.0833. The molecule has 1 aromatic carbocycles. The van der Waals surface area contributed by atoms with E-state index in [2.05, 4.69) is 21.2 Å². The van der Waals surface area contributed by atoms with Gasteiger partial charge < -0.3 is 5.32 Å². The van der Waals surface area contributed by atoms with Crippen molar-refractivity contribution < 1.29 is 14.1 Å². The number of benzene rings is 1. The van der Waals surface area contributed by atoms with Crippen LogP contribution in [0.5, 0.6) is 0 Å². The molecule has 2 aromatic rings. The van der Waals surface area contributed by atoms with E-state index in [1.165, 1.54) is 18.2 Å². The molecule has 0 aliphatic rings. The Morgan fingerprint density at radius 3 is 2.80 bits per heavy atom. The maximum Gasteiger partial charge on any atom is 0.324 e. The second-order valence-electron chi connectivity index (χ2n) is 3.81. The molecular weight excluding hydrogens is 351 g/mol. The molecule has 0 saturated heterocycles. The molecule has 104 valence electrons. The molecule has 0 aliphatic carbocycles. The van der Waals surface area contributed by atoms with Gasteiger partial charge in [0, 0.05) is 22.6 Å². The molecule has 0 saturated carbocycles. The topological polar surface area (TPSA) is 72.2 Å². The summed E-state index contributed by atoms with van der Waals surface area (Å²) in [4.78, 5) is 22.0. The van der Waals surface area contributed by atoms with E-state index in [9.17, 15) is 19.3 Å². The molecule has 0 radical (unpaired) electrons. The summed E-state index contributed by atoms with van der Waals surface area (Å²) >= 11 is 3.99. The van der Waals surface area contributed by atoms with Crippen LogP contribution in [0.3, 0.4) is 0 Å². The third kappa shape index (κ3) is 3.40. The number of nitrogens with zero attached hydrogens (tertiary/aromatic N) is 1. The van der Waals surface area contributed by atoms with Gasteiger partial charge in [-0.05, 0) is 24.3 Å². The van der Waals surface area contributed by atoms with Gasteiger partial charge in [-0.3, -0.25) is 14.9 Å². The highest BCUT2D eigenvalue weighted by atomic mass is 79.9. The van der Waals surface area contributed by atoms with Crippen molar-refractivity contribution in [2.75, 3.05) is 0 Å². The number of carbonyl (C=O) groups is 1. The van der Waals surface area contributed by atoms with Crippen LogP contribution in [0.15, 0.2) is 34.8 Å². The Kier molecular flexibility index (Phi) is 4.46. The molecule has 20 heavy (non-hydrogen) atoms. The minimum absolute atomic E-state index is 0.00973. The summed E-state index contributed by atoms with van der Waals surface area (Å²) in [6.07, 6.45) is 0. The number of nitrogens with one attached hydrogen (secondary N) is 1. The van der Waals surface area contributed by atoms with E-state index in [1.807, 2.05) is 0 Å². The standard InChI is InChI=1S/C12H8BrFN2O3S/c13-8-1-2-9(14)7(5-8)6-15-12(17)10-3-4-11(20-10)16(18)19/h1-5H,6H2,(H,15,17). The van der Waals surface area contributed by atoms with Gasteiger partial charge in [-0.25, -0.2) is 4.39 Å². The predicted molar refractivity (Wildman–Crippen MR) is 76.2 cm³/mol. The number of halogens is 2. The second-order valence-corrected chi connectivity index (χ2v) is 5.79. The van der Waals surface area contributed by atoms with Crippen molar-refractivity contribution in [1.82, 2.24) is 5.32 Å². The van der Waals surface area contributed by atoms with Crippen molar-refractivity contribution in [2.24, 2.45) is 0 Å². The quantitative estimate of drug-likeness (QED) is 0.671. The molecular formula is C12H8BrFN2O3S. The molecule has 0 fully saturated rings. The molecule has 0 aliphatic heterocycles. The van der Waals surface area contributed by atoms with Crippen molar-refractivity contribution in [3.63, 3.8) is 0 Å². The Hall–Kier alpha value is -1.80. The minimum atomic E-state index is -0.560. The summed E-state index contributed by atoms with van der Waals surface area (Å²) in [7, 11) is 0. The summed E-state index contributed by atoms with van der Waals surface area (Å²) in [5, 5.41) is 12.9. The largest absolute Gasteiger partial charge is 0.347 e. The SMILES string of the molecule is O=C(NCc1cc(Br)ccc1F)c1ccc([N+](=O)[O-])s1. The minimum Gasteiger partial charge on any atom is -0.347 e. The van der Waals surface area contributed by atoms with Crippen molar-refractivity contribution in [2.45, 2.75) is 6.54 Å². The lowest BCUT2D eigenvalue weighted by atomic mass is 10.2. The Labute approximate surface area is 125 Å². The third-order valence-corrected chi connectivity index (χ3v) is 3.97. The van der Waals surface area contributed by atoms with Gasteiger partial charge in [-0.15, -0.1) is 0 Å². The summed E-state index contributed by atoms with van der Waals surface area (Å²) in [5.74, 6) is -0.895. The van der Waals surface area contributed by atoms with Crippen LogP contribution < -0.4 is 5.32 Å². The zero-order valence-corrected chi connectivity index (χ0v) is 12.3. The Balaban J connectivity index is 2.04. The number of hydrogen-bond acceptors (Lipinski definition) is 4. The van der Waals surface area contributed by atoms with Crippen LogP contribution in [-0.2, 0) is 6.54 Å². The first kappa shape index (κ1) is 14.6. The van der Waals surface area contributed by atoms with E-state index < -0.39 is 16.6 Å². The van der Waals surface area contributed by atoms with Crippen LogP contribution in [0, 0.1) is 15.9 Å². The summed E-state index contributed by atoms with van der Waals surface area (Å²) in [5.41, 5.74) is 0.332. The van der Waals surface area contributed by atoms with Crippen LogP contribution in [-0.4, -0.2) is 10.8 Å². The lowest BCUT2D eigenvalue weighted by Gasteiger charge is -2.05. The lowest BCUT2D eigenvalue weighted by Crippen LogP contribution is -2.22. The zero-order chi connectivity index (χ0) is 14.7. The van der Waals surface area contributed by atoms with E-state index in [4.69, 9.17) is 0 Å². The highest BCUT2D eigenvalue weighted by molar-refractivity contribution is 9.10. The normalized spacial score (nSPS) is 10.3. The van der Waals surface area contributed by atoms with Crippen molar-refractivity contribution in [1.29, 1.82) is 0 Å². The van der Waals surface area contributed by atoms with Gasteiger partial charge in [0.15, 0.2) is 0 Å². The van der Waals surface area contributed by atoms with Crippen LogP contribution in [0.2, 0.25) is 0 Å². The number of carbonyl (C=O) groups excluding carboxylic acids is 1. The van der Waals surface area contributed by atoms with E-state index >= 15 is 0 Å². The first-order valence-electron chi connectivity index (χ1n) is 5.43. The molecule has 1 N–H and O–H groups in total. The van der Waals surface area contributed by atoms with Gasteiger partial charge >= 0.3 is 5.00 Å². The molecule has 1 heterocycles. The molecule has 0 spiro atoms. The second kappa shape index (κ2) is 6.10. The fourth-order valence-electron chi connectivity index (χ4n) is 1.49. The van der Waals surface area contributed by atoms with Gasteiger partial charge in [0.2, 0.25) is 0 Å². The van der Waals surface area contributed by atoms with Gasteiger partial charge in [-0.2, -0.15) is 0 Å². The van der Waals surface area contributed by atoms with Crippen LogP contribution >= 0.6 is 27.3 Å². The molecule has 1 amide bonds. The number of hydrogen-bond donors (Lipinski definition) is 1. The molecule has 0 atom stereocenters. The van der Waals surface area contributed by atoms with E-state index in [-0.39, 0.29) is 16.4 Å². The van der Waals surface area contributed by atoms with E-state index in [0.29, 0.717) is 10.0 Å². The molecule has 2 rings (SSSR count). The number of amides is 1. The zero-order valence-electron chi connectivity index (χ0n) is 9.93. The molecule has 1 aromatic heterocycles.